The molecule has 1 aromatic carbocycles. The summed E-state index contributed by atoms with van der Waals surface area (Å²) in [6.07, 6.45) is 3.08. The Hall–Kier alpha value is -2.17. The van der Waals surface area contributed by atoms with Crippen LogP contribution in [0, 0.1) is 0 Å². The Labute approximate surface area is 130 Å². The predicted molar refractivity (Wildman–Crippen MR) is 84.0 cm³/mol. The number of fused-ring (bicyclic) bond motifs is 1. The number of nitrogens with zero attached hydrogens (tertiary/aromatic N) is 2. The minimum absolute atomic E-state index is 0.272. The summed E-state index contributed by atoms with van der Waals surface area (Å²) in [6.45, 7) is 0. The van der Waals surface area contributed by atoms with Gasteiger partial charge in [0.2, 0.25) is 0 Å². The molecule has 1 N–H and O–H groups in total. The number of benzene rings is 1. The van der Waals surface area contributed by atoms with Crippen molar-refractivity contribution in [3.8, 4) is 0 Å². The number of aromatic nitrogens is 2. The SMILES string of the molecule is O=C(Nc1ccc(Cl)c2ncccc12)c1ccc(Cl)nc1. The van der Waals surface area contributed by atoms with Crippen molar-refractivity contribution in [3.63, 3.8) is 0 Å². The van der Waals surface area contributed by atoms with Crippen LogP contribution in [0.5, 0.6) is 0 Å². The third-order valence-corrected chi connectivity index (χ3v) is 3.49. The summed E-state index contributed by atoms with van der Waals surface area (Å²) in [4.78, 5) is 20.3. The maximum absolute atomic E-state index is 12.2. The van der Waals surface area contributed by atoms with Crippen molar-refractivity contribution in [3.05, 3.63) is 64.5 Å². The summed E-state index contributed by atoms with van der Waals surface area (Å²) in [5, 5.41) is 4.48. The minimum Gasteiger partial charge on any atom is -0.321 e. The third-order valence-electron chi connectivity index (χ3n) is 2.96. The first-order valence-corrected chi connectivity index (χ1v) is 6.87. The number of nitrogens with one attached hydrogen (secondary N) is 1. The molecule has 1 amide bonds. The van der Waals surface area contributed by atoms with Gasteiger partial charge >= 0.3 is 0 Å². The second-order valence-electron chi connectivity index (χ2n) is 4.32. The van der Waals surface area contributed by atoms with Gasteiger partial charge in [-0.2, -0.15) is 0 Å². The quantitative estimate of drug-likeness (QED) is 0.721. The van der Waals surface area contributed by atoms with Crippen molar-refractivity contribution in [2.75, 3.05) is 5.32 Å². The highest BCUT2D eigenvalue weighted by atomic mass is 35.5. The number of rotatable bonds is 2. The van der Waals surface area contributed by atoms with Crippen molar-refractivity contribution in [2.45, 2.75) is 0 Å². The second kappa shape index (κ2) is 5.68. The van der Waals surface area contributed by atoms with Crippen LogP contribution in [0.3, 0.4) is 0 Å². The van der Waals surface area contributed by atoms with E-state index in [2.05, 4.69) is 15.3 Å². The molecule has 3 rings (SSSR count). The van der Waals surface area contributed by atoms with Gasteiger partial charge in [0.25, 0.3) is 5.91 Å². The van der Waals surface area contributed by atoms with Crippen molar-refractivity contribution < 1.29 is 4.79 Å². The molecule has 0 saturated heterocycles. The summed E-state index contributed by atoms with van der Waals surface area (Å²) in [6, 6.07) is 10.3. The van der Waals surface area contributed by atoms with E-state index in [4.69, 9.17) is 23.2 Å². The van der Waals surface area contributed by atoms with Crippen LogP contribution in [0.15, 0.2) is 48.8 Å². The van der Waals surface area contributed by atoms with Crippen molar-refractivity contribution >= 4 is 45.7 Å². The summed E-state index contributed by atoms with van der Waals surface area (Å²) in [7, 11) is 0. The van der Waals surface area contributed by atoms with Crippen LogP contribution in [0.2, 0.25) is 10.2 Å². The fourth-order valence-electron chi connectivity index (χ4n) is 1.95. The molecule has 2 heterocycles. The standard InChI is InChI=1S/C15H9Cl2N3O/c16-11-4-5-12(10-2-1-7-18-14(10)11)20-15(21)9-3-6-13(17)19-8-9/h1-8H,(H,20,21). The number of pyridine rings is 2. The molecule has 3 aromatic rings. The Bertz CT molecular complexity index is 819. The molecule has 0 atom stereocenters. The van der Waals surface area contributed by atoms with Gasteiger partial charge in [0.1, 0.15) is 5.15 Å². The predicted octanol–water partition coefficient (Wildman–Crippen LogP) is 4.19. The summed E-state index contributed by atoms with van der Waals surface area (Å²) >= 11 is 11.8. The zero-order valence-corrected chi connectivity index (χ0v) is 12.2. The number of hydrogen-bond acceptors (Lipinski definition) is 3. The lowest BCUT2D eigenvalue weighted by molar-refractivity contribution is 0.102. The fraction of sp³-hybridized carbons (Fsp3) is 0. The average Bonchev–Trinajstić information content (AvgIpc) is 2.51. The Balaban J connectivity index is 1.97. The van der Waals surface area contributed by atoms with Gasteiger partial charge in [-0.15, -0.1) is 0 Å². The van der Waals surface area contributed by atoms with E-state index in [0.717, 1.165) is 5.39 Å². The maximum atomic E-state index is 12.2. The lowest BCUT2D eigenvalue weighted by Gasteiger charge is -2.09. The maximum Gasteiger partial charge on any atom is 0.257 e. The lowest BCUT2D eigenvalue weighted by atomic mass is 10.1. The summed E-state index contributed by atoms with van der Waals surface area (Å²) in [5.74, 6) is -0.272. The molecule has 0 fully saturated rings. The zero-order chi connectivity index (χ0) is 14.8. The number of amides is 1. The molecule has 0 bridgehead atoms. The molecule has 0 unspecified atom stereocenters. The third kappa shape index (κ3) is 2.82. The molecule has 6 heteroatoms. The van der Waals surface area contributed by atoms with E-state index >= 15 is 0 Å². The Kier molecular flexibility index (Phi) is 3.73. The van der Waals surface area contributed by atoms with Crippen LogP contribution in [0.4, 0.5) is 5.69 Å². The van der Waals surface area contributed by atoms with Gasteiger partial charge in [-0.1, -0.05) is 23.2 Å². The Morgan fingerprint density at radius 1 is 1.05 bits per heavy atom. The van der Waals surface area contributed by atoms with E-state index in [1.807, 2.05) is 6.07 Å². The number of carbonyl (C=O) groups excluding carboxylic acids is 1. The van der Waals surface area contributed by atoms with Gasteiger partial charge in [0, 0.05) is 17.8 Å². The second-order valence-corrected chi connectivity index (χ2v) is 5.11. The van der Waals surface area contributed by atoms with Gasteiger partial charge in [-0.25, -0.2) is 4.98 Å². The molecule has 0 aliphatic heterocycles. The van der Waals surface area contributed by atoms with E-state index < -0.39 is 0 Å². The molecule has 2 aromatic heterocycles. The number of halogens is 2. The van der Waals surface area contributed by atoms with Gasteiger partial charge in [-0.05, 0) is 36.4 Å². The average molecular weight is 318 g/mol. The molecule has 4 nitrogen and oxygen atoms in total. The molecular formula is C15H9Cl2N3O. The van der Waals surface area contributed by atoms with Crippen LogP contribution >= 0.6 is 23.2 Å². The van der Waals surface area contributed by atoms with E-state index in [1.165, 1.54) is 6.20 Å². The monoisotopic (exact) mass is 317 g/mol. The van der Waals surface area contributed by atoms with Gasteiger partial charge in [0.15, 0.2) is 0 Å². The largest absolute Gasteiger partial charge is 0.321 e. The molecule has 0 spiro atoms. The number of hydrogen-bond donors (Lipinski definition) is 1. The van der Waals surface area contributed by atoms with E-state index in [0.29, 0.717) is 26.9 Å². The number of carbonyl (C=O) groups is 1. The first-order valence-electron chi connectivity index (χ1n) is 6.11. The molecule has 104 valence electrons. The molecular weight excluding hydrogens is 309 g/mol. The molecule has 0 radical (unpaired) electrons. The highest BCUT2D eigenvalue weighted by Crippen LogP contribution is 2.28. The molecule has 0 saturated carbocycles. The van der Waals surface area contributed by atoms with Crippen LogP contribution < -0.4 is 5.32 Å². The van der Waals surface area contributed by atoms with Crippen LogP contribution in [-0.4, -0.2) is 15.9 Å². The summed E-state index contributed by atoms with van der Waals surface area (Å²) < 4.78 is 0. The van der Waals surface area contributed by atoms with E-state index in [-0.39, 0.29) is 5.91 Å². The topological polar surface area (TPSA) is 54.9 Å². The smallest absolute Gasteiger partial charge is 0.257 e. The van der Waals surface area contributed by atoms with E-state index in [1.54, 1.807) is 36.5 Å². The van der Waals surface area contributed by atoms with Crippen molar-refractivity contribution in [1.29, 1.82) is 0 Å². The molecule has 0 aliphatic carbocycles. The van der Waals surface area contributed by atoms with Crippen LogP contribution in [-0.2, 0) is 0 Å². The zero-order valence-electron chi connectivity index (χ0n) is 10.7. The summed E-state index contributed by atoms with van der Waals surface area (Å²) in [5.41, 5.74) is 1.71. The first-order chi connectivity index (χ1) is 10.1. The molecule has 0 aliphatic rings. The van der Waals surface area contributed by atoms with Gasteiger partial charge in [-0.3, -0.25) is 9.78 Å². The Morgan fingerprint density at radius 2 is 1.90 bits per heavy atom. The number of anilines is 1. The minimum atomic E-state index is -0.272. The van der Waals surface area contributed by atoms with Crippen LogP contribution in [0.25, 0.3) is 10.9 Å². The highest BCUT2D eigenvalue weighted by molar-refractivity contribution is 6.35. The van der Waals surface area contributed by atoms with Gasteiger partial charge < -0.3 is 5.32 Å². The van der Waals surface area contributed by atoms with Gasteiger partial charge in [0.05, 0.1) is 21.8 Å². The fourth-order valence-corrected chi connectivity index (χ4v) is 2.28. The molecule has 21 heavy (non-hydrogen) atoms. The van der Waals surface area contributed by atoms with Crippen LogP contribution in [0.1, 0.15) is 10.4 Å². The Morgan fingerprint density at radius 3 is 2.67 bits per heavy atom. The van der Waals surface area contributed by atoms with E-state index in [9.17, 15) is 4.79 Å². The highest BCUT2D eigenvalue weighted by Gasteiger charge is 2.10. The van der Waals surface area contributed by atoms with Crippen molar-refractivity contribution in [2.24, 2.45) is 0 Å². The normalized spacial score (nSPS) is 10.6. The first kappa shape index (κ1) is 13.8. The lowest BCUT2D eigenvalue weighted by Crippen LogP contribution is -2.12. The van der Waals surface area contributed by atoms with Crippen molar-refractivity contribution in [1.82, 2.24) is 9.97 Å².